The number of aromatic nitrogens is 1. The van der Waals surface area contributed by atoms with Gasteiger partial charge in [0, 0.05) is 17.2 Å². The average molecular weight is 344 g/mol. The largest absolute Gasteiger partial charge is 0.417 e. The van der Waals surface area contributed by atoms with Gasteiger partial charge in [0.05, 0.1) is 5.56 Å². The molecule has 0 aliphatic heterocycles. The van der Waals surface area contributed by atoms with E-state index in [1.54, 1.807) is 0 Å². The highest BCUT2D eigenvalue weighted by atomic mass is 127. The minimum atomic E-state index is -4.43. The Balaban J connectivity index is 2.75. The van der Waals surface area contributed by atoms with Crippen LogP contribution in [-0.4, -0.2) is 21.9 Å². The summed E-state index contributed by atoms with van der Waals surface area (Å²) in [5.74, 6) is -0.467. The van der Waals surface area contributed by atoms with E-state index in [0.717, 1.165) is 16.6 Å². The van der Waals surface area contributed by atoms with Crippen molar-refractivity contribution in [3.63, 3.8) is 0 Å². The molecule has 0 saturated carbocycles. The molecule has 3 nitrogen and oxygen atoms in total. The number of halogens is 4. The monoisotopic (exact) mass is 344 g/mol. The van der Waals surface area contributed by atoms with Crippen molar-refractivity contribution in [2.24, 2.45) is 0 Å². The quantitative estimate of drug-likeness (QED) is 0.675. The van der Waals surface area contributed by atoms with Gasteiger partial charge in [0.15, 0.2) is 0 Å². The molecule has 1 amide bonds. The van der Waals surface area contributed by atoms with Crippen LogP contribution in [-0.2, 0) is 6.18 Å². The van der Waals surface area contributed by atoms with E-state index in [1.165, 1.54) is 0 Å². The molecule has 1 N–H and O–H groups in total. The van der Waals surface area contributed by atoms with Crippen LogP contribution in [0.5, 0.6) is 0 Å². The molecule has 0 aliphatic rings. The molecule has 7 heteroatoms. The summed E-state index contributed by atoms with van der Waals surface area (Å²) in [6, 6.07) is 1.90. The molecule has 1 aromatic heterocycles. The first-order valence-electron chi connectivity index (χ1n) is 4.32. The number of nitrogens with one attached hydrogen (secondary N) is 1. The number of pyridine rings is 1. The van der Waals surface area contributed by atoms with E-state index in [1.807, 2.05) is 0 Å². The smallest absolute Gasteiger partial charge is 0.350 e. The normalized spacial score (nSPS) is 11.2. The van der Waals surface area contributed by atoms with E-state index in [0.29, 0.717) is 12.7 Å². The average Bonchev–Trinajstić information content (AvgIpc) is 2.25. The van der Waals surface area contributed by atoms with Crippen LogP contribution in [0.15, 0.2) is 18.3 Å². The number of nitrogens with zero attached hydrogens (tertiary/aromatic N) is 1. The number of hydrogen-bond donors (Lipinski definition) is 1. The second kappa shape index (κ2) is 5.46. The molecule has 16 heavy (non-hydrogen) atoms. The van der Waals surface area contributed by atoms with Crippen LogP contribution in [0.1, 0.15) is 16.1 Å². The van der Waals surface area contributed by atoms with Crippen LogP contribution in [0.4, 0.5) is 13.2 Å². The van der Waals surface area contributed by atoms with Crippen molar-refractivity contribution in [1.82, 2.24) is 10.3 Å². The fourth-order valence-corrected chi connectivity index (χ4v) is 1.22. The highest BCUT2D eigenvalue weighted by Gasteiger charge is 2.30. The molecule has 1 aromatic rings. The summed E-state index contributed by atoms with van der Waals surface area (Å²) >= 11 is 2.07. The van der Waals surface area contributed by atoms with Gasteiger partial charge in [0.2, 0.25) is 0 Å². The summed E-state index contributed by atoms with van der Waals surface area (Å²) in [7, 11) is 0. The van der Waals surface area contributed by atoms with E-state index in [9.17, 15) is 18.0 Å². The lowest BCUT2D eigenvalue weighted by atomic mass is 10.2. The lowest BCUT2D eigenvalue weighted by Crippen LogP contribution is -2.26. The third-order valence-electron chi connectivity index (χ3n) is 1.70. The molecule has 0 aliphatic carbocycles. The molecule has 88 valence electrons. The molecule has 0 bridgehead atoms. The Morgan fingerprint density at radius 2 is 2.12 bits per heavy atom. The van der Waals surface area contributed by atoms with Gasteiger partial charge in [-0.1, -0.05) is 22.6 Å². The van der Waals surface area contributed by atoms with Gasteiger partial charge in [-0.05, 0) is 12.1 Å². The summed E-state index contributed by atoms with van der Waals surface area (Å²) in [4.78, 5) is 14.8. The van der Waals surface area contributed by atoms with E-state index in [-0.39, 0.29) is 5.69 Å². The number of alkyl halides is 4. The maximum atomic E-state index is 12.2. The number of hydrogen-bond acceptors (Lipinski definition) is 2. The lowest BCUT2D eigenvalue weighted by molar-refractivity contribution is -0.137. The van der Waals surface area contributed by atoms with Crippen LogP contribution in [0.25, 0.3) is 0 Å². The molecular formula is C9H8F3IN2O. The van der Waals surface area contributed by atoms with Crippen molar-refractivity contribution < 1.29 is 18.0 Å². The minimum Gasteiger partial charge on any atom is -0.350 e. The van der Waals surface area contributed by atoms with Crippen molar-refractivity contribution in [2.75, 3.05) is 11.0 Å². The first kappa shape index (κ1) is 13.2. The Kier molecular flexibility index (Phi) is 4.51. The molecular weight excluding hydrogens is 336 g/mol. The predicted molar refractivity (Wildman–Crippen MR) is 60.5 cm³/mol. The van der Waals surface area contributed by atoms with E-state index >= 15 is 0 Å². The summed E-state index contributed by atoms with van der Waals surface area (Å²) in [6.07, 6.45) is -3.77. The first-order chi connectivity index (χ1) is 7.45. The molecule has 0 radical (unpaired) electrons. The van der Waals surface area contributed by atoms with Gasteiger partial charge >= 0.3 is 6.18 Å². The molecule has 0 spiro atoms. The SMILES string of the molecule is O=C(NCCI)c1ccc(C(F)(F)F)cn1. The zero-order chi connectivity index (χ0) is 12.2. The zero-order valence-corrected chi connectivity index (χ0v) is 10.2. The maximum absolute atomic E-state index is 12.2. The Labute approximate surface area is 104 Å². The maximum Gasteiger partial charge on any atom is 0.417 e. The standard InChI is InChI=1S/C9H8F3IN2O/c10-9(11,12)6-1-2-7(15-5-6)8(16)14-4-3-13/h1-2,5H,3-4H2,(H,14,16). The van der Waals surface area contributed by atoms with Crippen LogP contribution in [0.2, 0.25) is 0 Å². The van der Waals surface area contributed by atoms with Gasteiger partial charge in [-0.25, -0.2) is 0 Å². The van der Waals surface area contributed by atoms with Gasteiger partial charge in [0.25, 0.3) is 5.91 Å². The molecule has 0 aromatic carbocycles. The zero-order valence-electron chi connectivity index (χ0n) is 8.01. The summed E-state index contributed by atoms with van der Waals surface area (Å²) in [6.45, 7) is 0.460. The summed E-state index contributed by atoms with van der Waals surface area (Å²) < 4.78 is 37.3. The Hall–Kier alpha value is -0.860. The number of carbonyl (C=O) groups is 1. The van der Waals surface area contributed by atoms with E-state index < -0.39 is 17.6 Å². The van der Waals surface area contributed by atoms with Crippen molar-refractivity contribution in [1.29, 1.82) is 0 Å². The minimum absolute atomic E-state index is 0.0159. The molecule has 0 fully saturated rings. The molecule has 0 atom stereocenters. The topological polar surface area (TPSA) is 42.0 Å². The Morgan fingerprint density at radius 1 is 1.44 bits per heavy atom. The van der Waals surface area contributed by atoms with Gasteiger partial charge < -0.3 is 5.32 Å². The predicted octanol–water partition coefficient (Wildman–Crippen LogP) is 2.27. The lowest BCUT2D eigenvalue weighted by Gasteiger charge is -2.06. The molecule has 0 unspecified atom stereocenters. The first-order valence-corrected chi connectivity index (χ1v) is 5.85. The van der Waals surface area contributed by atoms with Gasteiger partial charge in [-0.2, -0.15) is 13.2 Å². The summed E-state index contributed by atoms with van der Waals surface area (Å²) in [5, 5.41) is 2.52. The van der Waals surface area contributed by atoms with Gasteiger partial charge in [-0.15, -0.1) is 0 Å². The van der Waals surface area contributed by atoms with Crippen LogP contribution in [0.3, 0.4) is 0 Å². The second-order valence-electron chi connectivity index (χ2n) is 2.87. The van der Waals surface area contributed by atoms with Crippen LogP contribution >= 0.6 is 22.6 Å². The van der Waals surface area contributed by atoms with Crippen LogP contribution < -0.4 is 5.32 Å². The highest BCUT2D eigenvalue weighted by molar-refractivity contribution is 14.1. The van der Waals surface area contributed by atoms with Gasteiger partial charge in [-0.3, -0.25) is 9.78 Å². The number of amides is 1. The highest BCUT2D eigenvalue weighted by Crippen LogP contribution is 2.28. The third kappa shape index (κ3) is 3.62. The van der Waals surface area contributed by atoms with Crippen molar-refractivity contribution in [3.8, 4) is 0 Å². The fourth-order valence-electron chi connectivity index (χ4n) is 0.947. The fraction of sp³-hybridized carbons (Fsp3) is 0.333. The van der Waals surface area contributed by atoms with Gasteiger partial charge in [0.1, 0.15) is 5.69 Å². The summed E-state index contributed by atoms with van der Waals surface area (Å²) in [5.41, 5.74) is -0.879. The molecule has 0 saturated heterocycles. The third-order valence-corrected chi connectivity index (χ3v) is 2.24. The number of carbonyl (C=O) groups excluding carboxylic acids is 1. The van der Waals surface area contributed by atoms with Crippen LogP contribution in [0, 0.1) is 0 Å². The van der Waals surface area contributed by atoms with E-state index in [2.05, 4.69) is 32.9 Å². The Bertz CT molecular complexity index is 364. The Morgan fingerprint density at radius 3 is 2.56 bits per heavy atom. The van der Waals surface area contributed by atoms with E-state index in [4.69, 9.17) is 0 Å². The van der Waals surface area contributed by atoms with Crippen molar-refractivity contribution in [3.05, 3.63) is 29.6 Å². The molecule has 1 rings (SSSR count). The second-order valence-corrected chi connectivity index (χ2v) is 3.95. The number of rotatable bonds is 3. The van der Waals surface area contributed by atoms with Crippen molar-refractivity contribution in [2.45, 2.75) is 6.18 Å². The molecule has 1 heterocycles. The van der Waals surface area contributed by atoms with Crippen molar-refractivity contribution >= 4 is 28.5 Å².